The summed E-state index contributed by atoms with van der Waals surface area (Å²) in [5.74, 6) is 0.290. The first-order valence-corrected chi connectivity index (χ1v) is 11.9. The molecule has 2 fully saturated rings. The second kappa shape index (κ2) is 9.92. The third kappa shape index (κ3) is 5.70. The lowest BCUT2D eigenvalue weighted by atomic mass is 9.57. The first-order valence-electron chi connectivity index (χ1n) is 11.9. The molecule has 1 aromatic carbocycles. The Morgan fingerprint density at radius 1 is 1.09 bits per heavy atom. The van der Waals surface area contributed by atoms with Gasteiger partial charge in [0.15, 0.2) is 0 Å². The summed E-state index contributed by atoms with van der Waals surface area (Å²) in [6.07, 6.45) is 4.56. The Morgan fingerprint density at radius 3 is 2.50 bits per heavy atom. The Morgan fingerprint density at radius 2 is 1.81 bits per heavy atom. The van der Waals surface area contributed by atoms with Gasteiger partial charge in [-0.1, -0.05) is 44.2 Å². The van der Waals surface area contributed by atoms with E-state index in [1.165, 1.54) is 0 Å². The van der Waals surface area contributed by atoms with E-state index < -0.39 is 5.60 Å². The van der Waals surface area contributed by atoms with Crippen LogP contribution < -0.4 is 10.6 Å². The van der Waals surface area contributed by atoms with Crippen molar-refractivity contribution >= 4 is 11.8 Å². The number of ether oxygens (including phenoxy) is 1. The van der Waals surface area contributed by atoms with Gasteiger partial charge < -0.3 is 20.5 Å². The molecule has 2 aliphatic carbocycles. The minimum absolute atomic E-state index is 0.00147. The lowest BCUT2D eigenvalue weighted by molar-refractivity contribution is -0.125. The summed E-state index contributed by atoms with van der Waals surface area (Å²) in [6.45, 7) is 7.41. The van der Waals surface area contributed by atoms with Crippen molar-refractivity contribution in [1.29, 1.82) is 0 Å². The number of nitrogens with one attached hydrogen (secondary N) is 2. The maximum Gasteiger partial charge on any atom is 0.224 e. The molecule has 0 unspecified atom stereocenters. The highest BCUT2D eigenvalue weighted by Crippen LogP contribution is 2.63. The molecule has 6 heteroatoms. The number of amides is 2. The number of carbonyl (C=O) groups excluding carboxylic acids is 2. The van der Waals surface area contributed by atoms with Gasteiger partial charge in [-0.3, -0.25) is 9.59 Å². The van der Waals surface area contributed by atoms with Gasteiger partial charge in [-0.05, 0) is 61.3 Å². The Labute approximate surface area is 192 Å². The van der Waals surface area contributed by atoms with Gasteiger partial charge in [0.05, 0.1) is 18.6 Å². The number of hydrogen-bond donors (Lipinski definition) is 3. The fourth-order valence-electron chi connectivity index (χ4n) is 6.19. The van der Waals surface area contributed by atoms with Crippen LogP contribution in [-0.4, -0.2) is 48.8 Å². The summed E-state index contributed by atoms with van der Waals surface area (Å²) in [5, 5.41) is 17.1. The molecule has 2 amide bonds. The SMILES string of the molecule is COCCNC(=O)CC[C@]12CC[C@](C)(O)C[C@H]1C(C)(C)C[C@@H]2NC(=O)Cc1ccccc1. The van der Waals surface area contributed by atoms with Crippen LogP contribution in [0.1, 0.15) is 64.9 Å². The van der Waals surface area contributed by atoms with E-state index >= 15 is 0 Å². The molecule has 178 valence electrons. The molecule has 0 aromatic heterocycles. The fourth-order valence-corrected chi connectivity index (χ4v) is 6.19. The zero-order chi connectivity index (χ0) is 23.4. The van der Waals surface area contributed by atoms with Crippen LogP contribution in [0.15, 0.2) is 30.3 Å². The summed E-state index contributed by atoms with van der Waals surface area (Å²) in [4.78, 5) is 25.5. The van der Waals surface area contributed by atoms with Crippen molar-refractivity contribution in [3.05, 3.63) is 35.9 Å². The van der Waals surface area contributed by atoms with E-state index in [0.717, 1.165) is 18.4 Å². The van der Waals surface area contributed by atoms with Gasteiger partial charge in [-0.25, -0.2) is 0 Å². The van der Waals surface area contributed by atoms with E-state index in [-0.39, 0.29) is 34.6 Å². The van der Waals surface area contributed by atoms with E-state index in [2.05, 4.69) is 24.5 Å². The molecule has 0 heterocycles. The van der Waals surface area contributed by atoms with Crippen LogP contribution in [-0.2, 0) is 20.7 Å². The highest BCUT2D eigenvalue weighted by molar-refractivity contribution is 5.79. The van der Waals surface area contributed by atoms with Gasteiger partial charge in [0.25, 0.3) is 0 Å². The van der Waals surface area contributed by atoms with E-state index in [1.807, 2.05) is 37.3 Å². The summed E-state index contributed by atoms with van der Waals surface area (Å²) in [6, 6.07) is 9.79. The smallest absolute Gasteiger partial charge is 0.224 e. The van der Waals surface area contributed by atoms with Crippen LogP contribution >= 0.6 is 0 Å². The molecule has 3 rings (SSSR count). The van der Waals surface area contributed by atoms with Crippen LogP contribution in [0.5, 0.6) is 0 Å². The molecular formula is C26H40N2O4. The molecule has 4 atom stereocenters. The van der Waals surface area contributed by atoms with Gasteiger partial charge in [0, 0.05) is 26.1 Å². The number of methoxy groups -OCH3 is 1. The van der Waals surface area contributed by atoms with Gasteiger partial charge >= 0.3 is 0 Å². The van der Waals surface area contributed by atoms with Crippen molar-refractivity contribution in [3.63, 3.8) is 0 Å². The van der Waals surface area contributed by atoms with E-state index in [1.54, 1.807) is 7.11 Å². The summed E-state index contributed by atoms with van der Waals surface area (Å²) in [5.41, 5.74) is 0.0879. The summed E-state index contributed by atoms with van der Waals surface area (Å²) < 4.78 is 5.02. The van der Waals surface area contributed by atoms with Gasteiger partial charge in [-0.15, -0.1) is 0 Å². The minimum Gasteiger partial charge on any atom is -0.390 e. The topological polar surface area (TPSA) is 87.7 Å². The first-order chi connectivity index (χ1) is 15.1. The van der Waals surface area contributed by atoms with Crippen LogP contribution in [0.25, 0.3) is 0 Å². The Bertz CT molecular complexity index is 792. The van der Waals surface area contributed by atoms with Crippen molar-refractivity contribution in [1.82, 2.24) is 10.6 Å². The number of hydrogen-bond acceptors (Lipinski definition) is 4. The predicted molar refractivity (Wildman–Crippen MR) is 125 cm³/mol. The monoisotopic (exact) mass is 444 g/mol. The number of rotatable bonds is 9. The van der Waals surface area contributed by atoms with Gasteiger partial charge in [0.2, 0.25) is 11.8 Å². The summed E-state index contributed by atoms with van der Waals surface area (Å²) in [7, 11) is 1.62. The van der Waals surface area contributed by atoms with Crippen molar-refractivity contribution < 1.29 is 19.4 Å². The van der Waals surface area contributed by atoms with Crippen LogP contribution in [0.2, 0.25) is 0 Å². The zero-order valence-electron chi connectivity index (χ0n) is 20.1. The highest BCUT2D eigenvalue weighted by atomic mass is 16.5. The standard InChI is InChI=1S/C26H40N2O4/c1-24(2)18-21(28-23(30)16-19-8-6-5-7-9-19)26(11-10-22(29)27-14-15-32-4)13-12-25(3,31)17-20(24)26/h5-9,20-21,31H,10-18H2,1-4H3,(H,27,29)(H,28,30)/t20-,21-,25-,26-/m0/s1. The molecule has 0 saturated heterocycles. The Kier molecular flexibility index (Phi) is 7.66. The molecule has 1 aromatic rings. The highest BCUT2D eigenvalue weighted by Gasteiger charge is 2.61. The zero-order valence-corrected chi connectivity index (χ0v) is 20.1. The van der Waals surface area contributed by atoms with Crippen LogP contribution in [0.4, 0.5) is 0 Å². The first kappa shape index (κ1) is 24.7. The average Bonchev–Trinajstić information content (AvgIpc) is 2.93. The molecule has 2 aliphatic rings. The number of aliphatic hydroxyl groups is 1. The quantitative estimate of drug-likeness (QED) is 0.511. The average molecular weight is 445 g/mol. The normalized spacial score (nSPS) is 31.0. The largest absolute Gasteiger partial charge is 0.390 e. The number of carbonyl (C=O) groups is 2. The van der Waals surface area contributed by atoms with Gasteiger partial charge in [0.1, 0.15) is 0 Å². The molecule has 0 bridgehead atoms. The molecule has 0 radical (unpaired) electrons. The second-order valence-electron chi connectivity index (χ2n) is 10.8. The third-order valence-electron chi connectivity index (χ3n) is 7.82. The second-order valence-corrected chi connectivity index (χ2v) is 10.8. The van der Waals surface area contributed by atoms with Gasteiger partial charge in [-0.2, -0.15) is 0 Å². The van der Waals surface area contributed by atoms with E-state index in [0.29, 0.717) is 45.3 Å². The van der Waals surface area contributed by atoms with Crippen molar-refractivity contribution in [2.75, 3.05) is 20.3 Å². The molecule has 2 saturated carbocycles. The molecule has 6 nitrogen and oxygen atoms in total. The molecule has 3 N–H and O–H groups in total. The fraction of sp³-hybridized carbons (Fsp3) is 0.692. The predicted octanol–water partition coefficient (Wildman–Crippen LogP) is 3.22. The Balaban J connectivity index is 1.77. The molecular weight excluding hydrogens is 404 g/mol. The maximum atomic E-state index is 13.0. The van der Waals surface area contributed by atoms with Crippen molar-refractivity contribution in [2.24, 2.45) is 16.7 Å². The Hall–Kier alpha value is -1.92. The minimum atomic E-state index is -0.699. The molecule has 32 heavy (non-hydrogen) atoms. The lowest BCUT2D eigenvalue weighted by Crippen LogP contribution is -2.53. The van der Waals surface area contributed by atoms with Crippen molar-refractivity contribution in [3.8, 4) is 0 Å². The lowest BCUT2D eigenvalue weighted by Gasteiger charge is -2.50. The number of fused-ring (bicyclic) bond motifs is 1. The third-order valence-corrected chi connectivity index (χ3v) is 7.82. The van der Waals surface area contributed by atoms with Crippen molar-refractivity contribution in [2.45, 2.75) is 77.4 Å². The summed E-state index contributed by atoms with van der Waals surface area (Å²) >= 11 is 0. The maximum absolute atomic E-state index is 13.0. The molecule has 0 aliphatic heterocycles. The van der Waals surface area contributed by atoms with Crippen LogP contribution in [0, 0.1) is 16.7 Å². The van der Waals surface area contributed by atoms with Crippen LogP contribution in [0.3, 0.4) is 0 Å². The van der Waals surface area contributed by atoms with E-state index in [4.69, 9.17) is 4.74 Å². The van der Waals surface area contributed by atoms with E-state index in [9.17, 15) is 14.7 Å². The molecule has 0 spiro atoms. The number of benzene rings is 1.